The van der Waals surface area contributed by atoms with Gasteiger partial charge >= 0.3 is 6.18 Å². The van der Waals surface area contributed by atoms with Crippen molar-refractivity contribution in [2.75, 3.05) is 19.6 Å². The maximum absolute atomic E-state index is 12.1. The highest BCUT2D eigenvalue weighted by Gasteiger charge is 2.41. The Morgan fingerprint density at radius 3 is 2.50 bits per heavy atom. The molecule has 0 saturated heterocycles. The molecule has 0 atom stereocenters. The first kappa shape index (κ1) is 14.6. The molecule has 0 fully saturated rings. The van der Waals surface area contributed by atoms with Crippen LogP contribution in [0.15, 0.2) is 6.20 Å². The first-order valence-electron chi connectivity index (χ1n) is 5.62. The van der Waals surface area contributed by atoms with Gasteiger partial charge in [-0.25, -0.2) is 0 Å². The van der Waals surface area contributed by atoms with Crippen molar-refractivity contribution in [1.82, 2.24) is 19.9 Å². The van der Waals surface area contributed by atoms with Crippen LogP contribution in [0.2, 0.25) is 0 Å². The number of carbonyl (C=O) groups excluding carboxylic acids is 1. The van der Waals surface area contributed by atoms with Gasteiger partial charge in [0.25, 0.3) is 5.78 Å². The van der Waals surface area contributed by atoms with Crippen LogP contribution in [0, 0.1) is 0 Å². The lowest BCUT2D eigenvalue weighted by atomic mass is 10.3. The summed E-state index contributed by atoms with van der Waals surface area (Å²) in [6.45, 7) is 6.72. The summed E-state index contributed by atoms with van der Waals surface area (Å²) >= 11 is 0. The predicted octanol–water partition coefficient (Wildman–Crippen LogP) is 1.36. The number of hydrogen-bond donors (Lipinski definition) is 0. The Bertz CT molecular complexity index is 398. The molecule has 0 N–H and O–H groups in total. The number of carbonyl (C=O) groups is 1. The molecule has 0 bridgehead atoms. The van der Waals surface area contributed by atoms with Gasteiger partial charge in [-0.2, -0.15) is 13.2 Å². The van der Waals surface area contributed by atoms with Crippen LogP contribution in [0.5, 0.6) is 0 Å². The summed E-state index contributed by atoms with van der Waals surface area (Å²) in [5, 5.41) is 6.75. The zero-order valence-electron chi connectivity index (χ0n) is 10.2. The highest BCUT2D eigenvalue weighted by molar-refractivity contribution is 5.98. The molecule has 0 saturated carbocycles. The van der Waals surface area contributed by atoms with Gasteiger partial charge < -0.3 is 4.90 Å². The van der Waals surface area contributed by atoms with E-state index in [0.717, 1.165) is 19.3 Å². The average Bonchev–Trinajstić information content (AvgIpc) is 2.77. The fourth-order valence-electron chi connectivity index (χ4n) is 1.44. The Morgan fingerprint density at radius 1 is 1.39 bits per heavy atom. The number of ketones is 1. The van der Waals surface area contributed by atoms with Crippen LogP contribution in [-0.2, 0) is 6.54 Å². The number of aromatic nitrogens is 3. The zero-order valence-corrected chi connectivity index (χ0v) is 10.2. The molecule has 0 spiro atoms. The van der Waals surface area contributed by atoms with Crippen LogP contribution in [0.25, 0.3) is 0 Å². The van der Waals surface area contributed by atoms with Crippen molar-refractivity contribution in [2.45, 2.75) is 26.6 Å². The number of Topliss-reactive ketones (excluding diaryl/α,β-unsaturated/α-hetero) is 1. The van der Waals surface area contributed by atoms with E-state index in [1.807, 2.05) is 13.8 Å². The molecule has 0 aliphatic rings. The summed E-state index contributed by atoms with van der Waals surface area (Å²) in [5.41, 5.74) is -0.665. The minimum atomic E-state index is -4.90. The molecule has 5 nitrogen and oxygen atoms in total. The van der Waals surface area contributed by atoms with E-state index in [-0.39, 0.29) is 0 Å². The molecule has 1 aromatic rings. The molecule has 0 radical (unpaired) electrons. The van der Waals surface area contributed by atoms with E-state index in [4.69, 9.17) is 0 Å². The minimum Gasteiger partial charge on any atom is -0.302 e. The molecular formula is C10H15F3N4O. The number of hydrogen-bond acceptors (Lipinski definition) is 4. The molecule has 0 aliphatic heterocycles. The maximum Gasteiger partial charge on any atom is 0.456 e. The molecular weight excluding hydrogens is 249 g/mol. The van der Waals surface area contributed by atoms with Crippen LogP contribution in [0.4, 0.5) is 13.2 Å². The monoisotopic (exact) mass is 264 g/mol. The molecule has 1 rings (SSSR count). The van der Waals surface area contributed by atoms with Crippen LogP contribution in [0.3, 0.4) is 0 Å². The van der Waals surface area contributed by atoms with Crippen LogP contribution in [0.1, 0.15) is 24.3 Å². The highest BCUT2D eigenvalue weighted by Crippen LogP contribution is 2.19. The Hall–Kier alpha value is -1.44. The second-order valence-corrected chi connectivity index (χ2v) is 3.72. The summed E-state index contributed by atoms with van der Waals surface area (Å²) < 4.78 is 37.6. The van der Waals surface area contributed by atoms with Gasteiger partial charge in [-0.3, -0.25) is 9.48 Å². The second-order valence-electron chi connectivity index (χ2n) is 3.72. The minimum absolute atomic E-state index is 0.403. The second kappa shape index (κ2) is 5.94. The predicted molar refractivity (Wildman–Crippen MR) is 58.2 cm³/mol. The molecule has 0 amide bonds. The van der Waals surface area contributed by atoms with E-state index in [1.165, 1.54) is 4.68 Å². The van der Waals surface area contributed by atoms with Gasteiger partial charge in [-0.1, -0.05) is 19.1 Å². The molecule has 102 valence electrons. The van der Waals surface area contributed by atoms with E-state index in [2.05, 4.69) is 15.2 Å². The van der Waals surface area contributed by atoms with E-state index < -0.39 is 17.7 Å². The van der Waals surface area contributed by atoms with Crippen molar-refractivity contribution in [3.05, 3.63) is 11.9 Å². The van der Waals surface area contributed by atoms with E-state index in [9.17, 15) is 18.0 Å². The lowest BCUT2D eigenvalue weighted by Gasteiger charge is -2.17. The fourth-order valence-corrected chi connectivity index (χ4v) is 1.44. The summed E-state index contributed by atoms with van der Waals surface area (Å²) in [4.78, 5) is 13.0. The molecule has 0 aromatic carbocycles. The van der Waals surface area contributed by atoms with Gasteiger partial charge in [0.05, 0.1) is 12.7 Å². The normalized spacial score (nSPS) is 12.1. The van der Waals surface area contributed by atoms with Gasteiger partial charge in [0, 0.05) is 6.54 Å². The smallest absolute Gasteiger partial charge is 0.302 e. The zero-order chi connectivity index (χ0) is 13.8. The highest BCUT2D eigenvalue weighted by atomic mass is 19.4. The number of rotatable bonds is 6. The van der Waals surface area contributed by atoms with Crippen molar-refractivity contribution in [2.24, 2.45) is 0 Å². The SMILES string of the molecule is CCN(CC)CCn1cc(C(=O)C(F)(F)F)nn1. The Balaban J connectivity index is 2.61. The first-order valence-corrected chi connectivity index (χ1v) is 5.62. The van der Waals surface area contributed by atoms with Crippen molar-refractivity contribution in [3.63, 3.8) is 0 Å². The fraction of sp³-hybridized carbons (Fsp3) is 0.700. The quantitative estimate of drug-likeness (QED) is 0.728. The summed E-state index contributed by atoms with van der Waals surface area (Å²) in [6.07, 6.45) is -3.88. The molecule has 1 aromatic heterocycles. The Labute approximate surface area is 103 Å². The summed E-state index contributed by atoms with van der Waals surface area (Å²) in [5.74, 6) is -1.96. The Kier molecular flexibility index (Phi) is 4.83. The number of alkyl halides is 3. The third-order valence-corrected chi connectivity index (χ3v) is 2.57. The van der Waals surface area contributed by atoms with Crippen LogP contribution in [-0.4, -0.2) is 51.5 Å². The maximum atomic E-state index is 12.1. The van der Waals surface area contributed by atoms with Crippen LogP contribution < -0.4 is 0 Å². The number of halogens is 3. The van der Waals surface area contributed by atoms with Crippen molar-refractivity contribution < 1.29 is 18.0 Å². The number of likely N-dealkylation sites (N-methyl/N-ethyl adjacent to an activating group) is 1. The van der Waals surface area contributed by atoms with E-state index >= 15 is 0 Å². The molecule has 8 heteroatoms. The number of nitrogens with zero attached hydrogens (tertiary/aromatic N) is 4. The van der Waals surface area contributed by atoms with Gasteiger partial charge in [0.2, 0.25) is 0 Å². The largest absolute Gasteiger partial charge is 0.456 e. The molecule has 0 unspecified atom stereocenters. The van der Waals surface area contributed by atoms with Crippen molar-refractivity contribution in [1.29, 1.82) is 0 Å². The van der Waals surface area contributed by atoms with Crippen molar-refractivity contribution in [3.8, 4) is 0 Å². The summed E-state index contributed by atoms with van der Waals surface area (Å²) in [6, 6.07) is 0. The molecule has 1 heterocycles. The third-order valence-electron chi connectivity index (χ3n) is 2.57. The lowest BCUT2D eigenvalue weighted by Crippen LogP contribution is -2.27. The Morgan fingerprint density at radius 2 is 2.00 bits per heavy atom. The van der Waals surface area contributed by atoms with E-state index in [0.29, 0.717) is 13.1 Å². The van der Waals surface area contributed by atoms with Crippen LogP contribution >= 0.6 is 0 Å². The van der Waals surface area contributed by atoms with Gasteiger partial charge in [0.15, 0.2) is 5.69 Å². The third kappa shape index (κ3) is 3.80. The average molecular weight is 264 g/mol. The standard InChI is InChI=1S/C10H15F3N4O/c1-3-16(4-2)5-6-17-7-8(14-15-17)9(18)10(11,12)13/h7H,3-6H2,1-2H3. The van der Waals surface area contributed by atoms with Gasteiger partial charge in [0.1, 0.15) is 0 Å². The molecule has 18 heavy (non-hydrogen) atoms. The van der Waals surface area contributed by atoms with E-state index in [1.54, 1.807) is 0 Å². The topological polar surface area (TPSA) is 51.0 Å². The lowest BCUT2D eigenvalue weighted by molar-refractivity contribution is -0.0888. The molecule has 0 aliphatic carbocycles. The van der Waals surface area contributed by atoms with Gasteiger partial charge in [-0.15, -0.1) is 5.10 Å². The van der Waals surface area contributed by atoms with Crippen molar-refractivity contribution >= 4 is 5.78 Å². The van der Waals surface area contributed by atoms with Gasteiger partial charge in [-0.05, 0) is 13.1 Å². The summed E-state index contributed by atoms with van der Waals surface area (Å²) in [7, 11) is 0. The first-order chi connectivity index (χ1) is 8.38.